The van der Waals surface area contributed by atoms with Gasteiger partial charge in [0.25, 0.3) is 0 Å². The van der Waals surface area contributed by atoms with E-state index in [4.69, 9.17) is 9.47 Å². The first-order valence-corrected chi connectivity index (χ1v) is 9.70. The Morgan fingerprint density at radius 3 is 2.48 bits per heavy atom. The number of benzene rings is 1. The summed E-state index contributed by atoms with van der Waals surface area (Å²) in [7, 11) is 0.498. The van der Waals surface area contributed by atoms with E-state index < -0.39 is 10.0 Å². The molecule has 1 amide bonds. The third-order valence-electron chi connectivity index (χ3n) is 3.98. The van der Waals surface area contributed by atoms with E-state index in [1.807, 2.05) is 12.1 Å². The van der Waals surface area contributed by atoms with Crippen LogP contribution in [0.5, 0.6) is 11.5 Å². The highest BCUT2D eigenvalue weighted by Crippen LogP contribution is 2.27. The lowest BCUT2D eigenvalue weighted by molar-refractivity contribution is -0.128. The molecule has 1 heterocycles. The van der Waals surface area contributed by atoms with Gasteiger partial charge in [-0.25, -0.2) is 13.1 Å². The second-order valence-electron chi connectivity index (χ2n) is 5.76. The van der Waals surface area contributed by atoms with E-state index in [1.165, 1.54) is 31.3 Å². The van der Waals surface area contributed by atoms with Crippen molar-refractivity contribution in [3.05, 3.63) is 48.3 Å². The van der Waals surface area contributed by atoms with Gasteiger partial charge in [-0.15, -0.1) is 0 Å². The number of likely N-dealkylation sites (N-methyl/N-ethyl adjacent to an activating group) is 1. The summed E-state index contributed by atoms with van der Waals surface area (Å²) in [5.74, 6) is 0.202. The third kappa shape index (κ3) is 5.66. The fourth-order valence-corrected chi connectivity index (χ4v) is 3.49. The standard InChI is InChI=1S/C18H23N3O5S/c1-21(11-8-14-6-9-19-10-7-14)18(22)13-20-27(23,24)17-12-15(25-2)4-5-16(17)26-3/h4-7,9-10,12,20H,8,11,13H2,1-3H3. The van der Waals surface area contributed by atoms with Crippen LogP contribution in [-0.4, -0.2) is 58.6 Å². The molecule has 0 saturated heterocycles. The van der Waals surface area contributed by atoms with E-state index >= 15 is 0 Å². The summed E-state index contributed by atoms with van der Waals surface area (Å²) in [4.78, 5) is 17.6. The maximum Gasteiger partial charge on any atom is 0.244 e. The highest BCUT2D eigenvalue weighted by molar-refractivity contribution is 7.89. The number of carbonyl (C=O) groups excluding carboxylic acids is 1. The van der Waals surface area contributed by atoms with Crippen LogP contribution < -0.4 is 14.2 Å². The quantitative estimate of drug-likeness (QED) is 0.685. The highest BCUT2D eigenvalue weighted by Gasteiger charge is 2.22. The Balaban J connectivity index is 1.99. The number of pyridine rings is 1. The molecular weight excluding hydrogens is 370 g/mol. The van der Waals surface area contributed by atoms with E-state index in [-0.39, 0.29) is 23.1 Å². The Kier molecular flexibility index (Phi) is 7.14. The van der Waals surface area contributed by atoms with Gasteiger partial charge in [-0.05, 0) is 36.2 Å². The number of sulfonamides is 1. The van der Waals surface area contributed by atoms with E-state index in [0.29, 0.717) is 18.7 Å². The minimum Gasteiger partial charge on any atom is -0.497 e. The Hall–Kier alpha value is -2.65. The van der Waals surface area contributed by atoms with E-state index in [0.717, 1.165) is 5.56 Å². The van der Waals surface area contributed by atoms with Crippen LogP contribution in [0, 0.1) is 0 Å². The number of nitrogens with zero attached hydrogens (tertiary/aromatic N) is 2. The van der Waals surface area contributed by atoms with Gasteiger partial charge in [0, 0.05) is 32.1 Å². The number of nitrogens with one attached hydrogen (secondary N) is 1. The van der Waals surface area contributed by atoms with Crippen molar-refractivity contribution in [1.29, 1.82) is 0 Å². The van der Waals surface area contributed by atoms with Gasteiger partial charge in [-0.3, -0.25) is 9.78 Å². The van der Waals surface area contributed by atoms with Crippen molar-refractivity contribution in [2.75, 3.05) is 34.4 Å². The van der Waals surface area contributed by atoms with Crippen molar-refractivity contribution in [2.24, 2.45) is 0 Å². The first-order chi connectivity index (χ1) is 12.9. The van der Waals surface area contributed by atoms with Crippen LogP contribution in [0.4, 0.5) is 0 Å². The molecule has 1 aromatic carbocycles. The minimum absolute atomic E-state index is 0.0865. The van der Waals surface area contributed by atoms with Gasteiger partial charge >= 0.3 is 0 Å². The molecule has 0 radical (unpaired) electrons. The fourth-order valence-electron chi connectivity index (χ4n) is 2.33. The van der Waals surface area contributed by atoms with Crippen LogP contribution in [0.1, 0.15) is 5.56 Å². The normalized spacial score (nSPS) is 11.1. The van der Waals surface area contributed by atoms with Gasteiger partial charge < -0.3 is 14.4 Å². The smallest absolute Gasteiger partial charge is 0.244 e. The molecule has 2 rings (SSSR count). The number of rotatable bonds is 9. The first kappa shape index (κ1) is 20.7. The summed E-state index contributed by atoms with van der Waals surface area (Å²) >= 11 is 0. The third-order valence-corrected chi connectivity index (χ3v) is 5.41. The van der Waals surface area contributed by atoms with E-state index in [1.54, 1.807) is 25.5 Å². The van der Waals surface area contributed by atoms with Gasteiger partial charge in [0.2, 0.25) is 15.9 Å². The van der Waals surface area contributed by atoms with Crippen molar-refractivity contribution >= 4 is 15.9 Å². The summed E-state index contributed by atoms with van der Waals surface area (Å²) in [6.45, 7) is 0.114. The lowest BCUT2D eigenvalue weighted by Crippen LogP contribution is -2.39. The molecule has 0 unspecified atom stereocenters. The maximum absolute atomic E-state index is 12.6. The van der Waals surface area contributed by atoms with Crippen molar-refractivity contribution in [2.45, 2.75) is 11.3 Å². The molecule has 0 aliphatic rings. The maximum atomic E-state index is 12.6. The summed E-state index contributed by atoms with van der Waals surface area (Å²) in [6.07, 6.45) is 4.03. The number of ether oxygens (including phenoxy) is 2. The number of aromatic nitrogens is 1. The molecular formula is C18H23N3O5S. The molecule has 0 aliphatic heterocycles. The van der Waals surface area contributed by atoms with Crippen LogP contribution in [0.2, 0.25) is 0 Å². The van der Waals surface area contributed by atoms with Gasteiger partial charge in [0.05, 0.1) is 20.8 Å². The molecule has 0 fully saturated rings. The zero-order valence-corrected chi connectivity index (χ0v) is 16.3. The number of amides is 1. The molecule has 0 saturated carbocycles. The number of hydrogen-bond acceptors (Lipinski definition) is 6. The molecule has 1 N–H and O–H groups in total. The zero-order valence-electron chi connectivity index (χ0n) is 15.5. The molecule has 9 heteroatoms. The SMILES string of the molecule is COc1ccc(OC)c(S(=O)(=O)NCC(=O)N(C)CCc2ccncc2)c1. The number of hydrogen-bond donors (Lipinski definition) is 1. The average Bonchev–Trinajstić information content (AvgIpc) is 2.70. The fraction of sp³-hybridized carbons (Fsp3) is 0.333. The molecule has 27 heavy (non-hydrogen) atoms. The Bertz CT molecular complexity index is 872. The first-order valence-electron chi connectivity index (χ1n) is 8.22. The monoisotopic (exact) mass is 393 g/mol. The van der Waals surface area contributed by atoms with Crippen LogP contribution in [-0.2, 0) is 21.2 Å². The molecule has 8 nitrogen and oxygen atoms in total. The van der Waals surface area contributed by atoms with Crippen LogP contribution in [0.25, 0.3) is 0 Å². The molecule has 0 atom stereocenters. The molecule has 0 spiro atoms. The van der Waals surface area contributed by atoms with Crippen LogP contribution >= 0.6 is 0 Å². The Morgan fingerprint density at radius 2 is 1.85 bits per heavy atom. The lowest BCUT2D eigenvalue weighted by Gasteiger charge is -2.18. The molecule has 146 valence electrons. The number of methoxy groups -OCH3 is 2. The molecule has 0 aliphatic carbocycles. The largest absolute Gasteiger partial charge is 0.497 e. The average molecular weight is 393 g/mol. The predicted octanol–water partition coefficient (Wildman–Crippen LogP) is 1.08. The second kappa shape index (κ2) is 9.33. The predicted molar refractivity (Wildman–Crippen MR) is 100 cm³/mol. The summed E-state index contributed by atoms with van der Waals surface area (Å²) < 4.78 is 37.6. The van der Waals surface area contributed by atoms with Crippen molar-refractivity contribution in [1.82, 2.24) is 14.6 Å². The summed E-state index contributed by atoms with van der Waals surface area (Å²) in [5.41, 5.74) is 1.05. The van der Waals surface area contributed by atoms with Gasteiger partial charge in [0.15, 0.2) is 0 Å². The topological polar surface area (TPSA) is 97.8 Å². The highest BCUT2D eigenvalue weighted by atomic mass is 32.2. The van der Waals surface area contributed by atoms with Crippen molar-refractivity contribution in [3.63, 3.8) is 0 Å². The van der Waals surface area contributed by atoms with Crippen LogP contribution in [0.15, 0.2) is 47.6 Å². The van der Waals surface area contributed by atoms with Crippen molar-refractivity contribution in [3.8, 4) is 11.5 Å². The molecule has 1 aromatic heterocycles. The van der Waals surface area contributed by atoms with Crippen LogP contribution in [0.3, 0.4) is 0 Å². The second-order valence-corrected chi connectivity index (χ2v) is 7.50. The summed E-state index contributed by atoms with van der Waals surface area (Å²) in [5, 5.41) is 0. The number of carbonyl (C=O) groups is 1. The van der Waals surface area contributed by atoms with Gasteiger partial charge in [-0.1, -0.05) is 0 Å². The minimum atomic E-state index is -3.94. The van der Waals surface area contributed by atoms with Crippen molar-refractivity contribution < 1.29 is 22.7 Å². The van der Waals surface area contributed by atoms with E-state index in [2.05, 4.69) is 9.71 Å². The Morgan fingerprint density at radius 1 is 1.15 bits per heavy atom. The summed E-state index contributed by atoms with van der Waals surface area (Å²) in [6, 6.07) is 8.18. The molecule has 2 aromatic rings. The molecule has 0 bridgehead atoms. The van der Waals surface area contributed by atoms with E-state index in [9.17, 15) is 13.2 Å². The van der Waals surface area contributed by atoms with Gasteiger partial charge in [-0.2, -0.15) is 0 Å². The van der Waals surface area contributed by atoms with Gasteiger partial charge in [0.1, 0.15) is 16.4 Å². The zero-order chi connectivity index (χ0) is 19.9. The Labute approximate surface area is 159 Å². The lowest BCUT2D eigenvalue weighted by atomic mass is 10.2.